The Balaban J connectivity index is 3.17. The summed E-state index contributed by atoms with van der Waals surface area (Å²) in [5.74, 6) is 0. The van der Waals surface area contributed by atoms with Crippen LogP contribution in [0.4, 0.5) is 11.4 Å². The van der Waals surface area contributed by atoms with Crippen molar-refractivity contribution >= 4 is 11.4 Å². The molecule has 0 aromatic heterocycles. The average molecular weight is 238 g/mol. The van der Waals surface area contributed by atoms with Gasteiger partial charge in [-0.15, -0.1) is 0 Å². The number of hydrogen-bond donors (Lipinski definition) is 2. The van der Waals surface area contributed by atoms with E-state index in [1.54, 1.807) is 6.07 Å². The fourth-order valence-electron chi connectivity index (χ4n) is 1.51. The van der Waals surface area contributed by atoms with Crippen molar-refractivity contribution in [3.63, 3.8) is 0 Å². The molecule has 17 heavy (non-hydrogen) atoms. The number of nitrogens with zero attached hydrogens (tertiary/aromatic N) is 1. The zero-order valence-corrected chi connectivity index (χ0v) is 10.4. The smallest absolute Gasteiger partial charge is 0.292 e. The van der Waals surface area contributed by atoms with E-state index in [2.05, 4.69) is 5.32 Å². The molecule has 5 heteroatoms. The van der Waals surface area contributed by atoms with Crippen LogP contribution in [0.25, 0.3) is 0 Å². The highest BCUT2D eigenvalue weighted by Gasteiger charge is 2.25. The van der Waals surface area contributed by atoms with Crippen LogP contribution in [0.2, 0.25) is 0 Å². The van der Waals surface area contributed by atoms with Crippen LogP contribution >= 0.6 is 0 Å². The van der Waals surface area contributed by atoms with E-state index >= 15 is 0 Å². The third kappa shape index (κ3) is 2.94. The maximum Gasteiger partial charge on any atom is 0.292 e. The highest BCUT2D eigenvalue weighted by Crippen LogP contribution is 2.31. The van der Waals surface area contributed by atoms with Gasteiger partial charge in [0.2, 0.25) is 0 Å². The average Bonchev–Trinajstić information content (AvgIpc) is 2.31. The maximum atomic E-state index is 10.9. The molecule has 0 bridgehead atoms. The van der Waals surface area contributed by atoms with Crippen LogP contribution in [-0.4, -0.2) is 22.2 Å². The Labute approximate surface area is 101 Å². The van der Waals surface area contributed by atoms with Gasteiger partial charge < -0.3 is 10.4 Å². The summed E-state index contributed by atoms with van der Waals surface area (Å²) in [5, 5.41) is 23.4. The zero-order chi connectivity index (χ0) is 13.1. The molecule has 0 spiro atoms. The Morgan fingerprint density at radius 3 is 2.65 bits per heavy atom. The van der Waals surface area contributed by atoms with Crippen molar-refractivity contribution in [2.45, 2.75) is 32.7 Å². The molecule has 0 saturated carbocycles. The number of aliphatic hydroxyl groups excluding tert-OH is 1. The van der Waals surface area contributed by atoms with Crippen LogP contribution in [0.3, 0.4) is 0 Å². The van der Waals surface area contributed by atoms with Crippen LogP contribution in [0.1, 0.15) is 25.8 Å². The fourth-order valence-corrected chi connectivity index (χ4v) is 1.51. The summed E-state index contributed by atoms with van der Waals surface area (Å²) >= 11 is 0. The zero-order valence-electron chi connectivity index (χ0n) is 10.4. The summed E-state index contributed by atoms with van der Waals surface area (Å²) < 4.78 is 0. The summed E-state index contributed by atoms with van der Waals surface area (Å²) in [4.78, 5) is 10.5. The quantitative estimate of drug-likeness (QED) is 0.610. The Hall–Kier alpha value is -1.62. The summed E-state index contributed by atoms with van der Waals surface area (Å²) in [6.45, 7) is 5.49. The van der Waals surface area contributed by atoms with Gasteiger partial charge in [-0.2, -0.15) is 0 Å². The van der Waals surface area contributed by atoms with E-state index in [9.17, 15) is 15.2 Å². The minimum Gasteiger partial charge on any atom is -0.394 e. The van der Waals surface area contributed by atoms with E-state index in [4.69, 9.17) is 0 Å². The van der Waals surface area contributed by atoms with Gasteiger partial charge in [0.15, 0.2) is 0 Å². The van der Waals surface area contributed by atoms with Crippen molar-refractivity contribution in [1.29, 1.82) is 0 Å². The molecular weight excluding hydrogens is 220 g/mol. The SMILES string of the molecule is CCC(C)(CO)Nc1c(C)cccc1[N+](=O)[O-]. The third-order valence-corrected chi connectivity index (χ3v) is 3.00. The van der Waals surface area contributed by atoms with Gasteiger partial charge in [-0.05, 0) is 25.8 Å². The summed E-state index contributed by atoms with van der Waals surface area (Å²) in [6, 6.07) is 4.92. The van der Waals surface area contributed by atoms with Gasteiger partial charge >= 0.3 is 0 Å². The van der Waals surface area contributed by atoms with Gasteiger partial charge in [-0.1, -0.05) is 19.1 Å². The van der Waals surface area contributed by atoms with E-state index in [1.165, 1.54) is 6.07 Å². The second-order valence-electron chi connectivity index (χ2n) is 4.42. The topological polar surface area (TPSA) is 75.4 Å². The third-order valence-electron chi connectivity index (χ3n) is 3.00. The number of rotatable bonds is 5. The second-order valence-corrected chi connectivity index (χ2v) is 4.42. The number of nitrogens with one attached hydrogen (secondary N) is 1. The molecule has 0 radical (unpaired) electrons. The van der Waals surface area contributed by atoms with E-state index in [-0.39, 0.29) is 12.3 Å². The first-order valence-electron chi connectivity index (χ1n) is 5.56. The minimum absolute atomic E-state index is 0.0399. The van der Waals surface area contributed by atoms with Gasteiger partial charge in [-0.25, -0.2) is 0 Å². The number of aryl methyl sites for hydroxylation is 1. The molecule has 2 N–H and O–H groups in total. The van der Waals surface area contributed by atoms with Gasteiger partial charge in [0.05, 0.1) is 17.1 Å². The van der Waals surface area contributed by atoms with E-state index < -0.39 is 10.5 Å². The number of anilines is 1. The lowest BCUT2D eigenvalue weighted by Crippen LogP contribution is -2.38. The molecular formula is C12H18N2O3. The lowest BCUT2D eigenvalue weighted by atomic mass is 9.98. The highest BCUT2D eigenvalue weighted by atomic mass is 16.6. The number of nitro groups is 1. The molecule has 0 fully saturated rings. The molecule has 1 atom stereocenters. The van der Waals surface area contributed by atoms with Crippen LogP contribution in [-0.2, 0) is 0 Å². The number of aliphatic hydroxyl groups is 1. The van der Waals surface area contributed by atoms with Crippen molar-refractivity contribution in [3.8, 4) is 0 Å². The first-order valence-corrected chi connectivity index (χ1v) is 5.56. The van der Waals surface area contributed by atoms with E-state index in [0.29, 0.717) is 12.1 Å². The first kappa shape index (κ1) is 13.4. The standard InChI is InChI=1S/C12H18N2O3/c1-4-12(3,8-15)13-11-9(2)6-5-7-10(11)14(16)17/h5-7,13,15H,4,8H2,1-3H3. The number of nitro benzene ring substituents is 1. The molecule has 0 heterocycles. The van der Waals surface area contributed by atoms with Crippen LogP contribution < -0.4 is 5.32 Å². The van der Waals surface area contributed by atoms with Crippen molar-refractivity contribution in [1.82, 2.24) is 0 Å². The molecule has 1 aromatic carbocycles. The molecule has 1 rings (SSSR count). The highest BCUT2D eigenvalue weighted by molar-refractivity contribution is 5.67. The van der Waals surface area contributed by atoms with Gasteiger partial charge in [0.1, 0.15) is 5.69 Å². The molecule has 1 unspecified atom stereocenters. The first-order chi connectivity index (χ1) is 7.93. The van der Waals surface area contributed by atoms with Crippen molar-refractivity contribution in [3.05, 3.63) is 33.9 Å². The van der Waals surface area contributed by atoms with E-state index in [1.807, 2.05) is 26.8 Å². The largest absolute Gasteiger partial charge is 0.394 e. The van der Waals surface area contributed by atoms with Crippen LogP contribution in [0, 0.1) is 17.0 Å². The fraction of sp³-hybridized carbons (Fsp3) is 0.500. The van der Waals surface area contributed by atoms with E-state index in [0.717, 1.165) is 5.56 Å². The van der Waals surface area contributed by atoms with Gasteiger partial charge in [0.25, 0.3) is 5.69 Å². The predicted molar refractivity (Wildman–Crippen MR) is 67.2 cm³/mol. The van der Waals surface area contributed by atoms with Crippen molar-refractivity contribution in [2.24, 2.45) is 0 Å². The number of benzene rings is 1. The molecule has 1 aromatic rings. The molecule has 5 nitrogen and oxygen atoms in total. The summed E-state index contributed by atoms with van der Waals surface area (Å²) in [5.41, 5.74) is 0.776. The van der Waals surface area contributed by atoms with Crippen molar-refractivity contribution < 1.29 is 10.0 Å². The minimum atomic E-state index is -0.545. The Bertz CT molecular complexity index is 414. The Morgan fingerprint density at radius 1 is 1.53 bits per heavy atom. The predicted octanol–water partition coefficient (Wildman–Crippen LogP) is 2.48. The van der Waals surface area contributed by atoms with Crippen LogP contribution in [0.15, 0.2) is 18.2 Å². The molecule has 0 aliphatic rings. The molecule has 0 amide bonds. The normalized spacial score (nSPS) is 14.1. The summed E-state index contributed by atoms with van der Waals surface area (Å²) in [6.07, 6.45) is 0.676. The lowest BCUT2D eigenvalue weighted by molar-refractivity contribution is -0.384. The van der Waals surface area contributed by atoms with Gasteiger partial charge in [-0.3, -0.25) is 10.1 Å². The number of hydrogen-bond acceptors (Lipinski definition) is 4. The maximum absolute atomic E-state index is 10.9. The molecule has 0 aliphatic heterocycles. The van der Waals surface area contributed by atoms with Gasteiger partial charge in [0, 0.05) is 6.07 Å². The second kappa shape index (κ2) is 5.14. The van der Waals surface area contributed by atoms with Crippen LogP contribution in [0.5, 0.6) is 0 Å². The number of para-hydroxylation sites is 1. The Morgan fingerprint density at radius 2 is 2.18 bits per heavy atom. The monoisotopic (exact) mass is 238 g/mol. The molecule has 0 aliphatic carbocycles. The molecule has 94 valence electrons. The van der Waals surface area contributed by atoms with Crippen molar-refractivity contribution in [2.75, 3.05) is 11.9 Å². The summed E-state index contributed by atoms with van der Waals surface area (Å²) in [7, 11) is 0. The lowest BCUT2D eigenvalue weighted by Gasteiger charge is -2.29. The Kier molecular flexibility index (Phi) is 4.07. The molecule has 0 saturated heterocycles.